The molecule has 4 bridgehead atoms. The van der Waals surface area contributed by atoms with Crippen LogP contribution in [0.15, 0.2) is 0 Å². The van der Waals surface area contributed by atoms with Crippen molar-refractivity contribution in [3.63, 3.8) is 0 Å². The fourth-order valence-corrected chi connectivity index (χ4v) is 7.90. The van der Waals surface area contributed by atoms with Crippen LogP contribution >= 0.6 is 0 Å². The minimum absolute atomic E-state index is 0.103. The zero-order chi connectivity index (χ0) is 19.4. The van der Waals surface area contributed by atoms with Gasteiger partial charge in [0.15, 0.2) is 5.82 Å². The molecule has 6 aliphatic rings. The van der Waals surface area contributed by atoms with E-state index in [1.807, 2.05) is 0 Å². The van der Waals surface area contributed by atoms with Crippen molar-refractivity contribution in [3.05, 3.63) is 11.6 Å². The maximum Gasteiger partial charge on any atom is 0.318 e. The van der Waals surface area contributed by atoms with Crippen molar-refractivity contribution >= 4 is 6.03 Å². The fraction of sp³-hybridized carbons (Fsp3) is 0.870. The molecule has 5 fully saturated rings. The second-order valence-corrected chi connectivity index (χ2v) is 10.9. The zero-order valence-corrected chi connectivity index (χ0v) is 17.6. The second kappa shape index (κ2) is 6.98. The van der Waals surface area contributed by atoms with E-state index in [1.165, 1.54) is 57.8 Å². The van der Waals surface area contributed by atoms with Crippen molar-refractivity contribution in [2.45, 2.75) is 89.6 Å². The van der Waals surface area contributed by atoms with Gasteiger partial charge in [-0.25, -0.2) is 4.79 Å². The van der Waals surface area contributed by atoms with E-state index in [0.29, 0.717) is 5.41 Å². The van der Waals surface area contributed by atoms with Crippen LogP contribution < -0.4 is 5.32 Å². The fourth-order valence-electron chi connectivity index (χ4n) is 7.90. The first kappa shape index (κ1) is 18.2. The van der Waals surface area contributed by atoms with Crippen molar-refractivity contribution < 1.29 is 4.79 Å². The molecule has 2 amide bonds. The molecule has 6 heteroatoms. The third-order valence-corrected chi connectivity index (χ3v) is 8.73. The molecule has 1 N–H and O–H groups in total. The number of carbonyl (C=O) groups is 1. The van der Waals surface area contributed by atoms with Gasteiger partial charge in [-0.1, -0.05) is 6.42 Å². The molecule has 2 aliphatic heterocycles. The Balaban J connectivity index is 1.15. The lowest BCUT2D eigenvalue weighted by Gasteiger charge is -2.57. The maximum atomic E-state index is 13.2. The van der Waals surface area contributed by atoms with Crippen LogP contribution in [0.4, 0.5) is 4.79 Å². The summed E-state index contributed by atoms with van der Waals surface area (Å²) in [6.07, 6.45) is 15.2. The minimum atomic E-state index is 0.103. The Labute approximate surface area is 173 Å². The van der Waals surface area contributed by atoms with Crippen molar-refractivity contribution in [1.29, 1.82) is 0 Å². The van der Waals surface area contributed by atoms with Crippen LogP contribution in [0.1, 0.15) is 88.3 Å². The van der Waals surface area contributed by atoms with Gasteiger partial charge in [-0.2, -0.15) is 0 Å². The summed E-state index contributed by atoms with van der Waals surface area (Å²) in [7, 11) is 0. The molecule has 1 atom stereocenters. The van der Waals surface area contributed by atoms with Gasteiger partial charge in [-0.15, -0.1) is 10.2 Å². The predicted octanol–water partition coefficient (Wildman–Crippen LogP) is 4.07. The molecule has 7 rings (SSSR count). The SMILES string of the molecule is O=C(NCC12CC3CC(CC(C3)C1)C2)N1CCCC1c1nnc2n1CCCCC2. The predicted molar refractivity (Wildman–Crippen MR) is 110 cm³/mol. The minimum Gasteiger partial charge on any atom is -0.337 e. The van der Waals surface area contributed by atoms with E-state index >= 15 is 0 Å². The second-order valence-electron chi connectivity index (χ2n) is 10.9. The van der Waals surface area contributed by atoms with Crippen molar-refractivity contribution in [3.8, 4) is 0 Å². The standard InChI is InChI=1S/C23H35N5O/c29-22(24-15-23-12-16-9-17(13-23)11-18(10-16)14-23)27-8-4-5-19(27)21-26-25-20-6-2-1-3-7-28(20)21/h16-19H,1-15H2,(H,24,29). The summed E-state index contributed by atoms with van der Waals surface area (Å²) in [6, 6.07) is 0.236. The number of urea groups is 1. The highest BCUT2D eigenvalue weighted by Gasteiger charge is 2.51. The number of aryl methyl sites for hydroxylation is 1. The van der Waals surface area contributed by atoms with Crippen LogP contribution in [0, 0.1) is 23.2 Å². The van der Waals surface area contributed by atoms with Crippen molar-refractivity contribution in [1.82, 2.24) is 25.0 Å². The van der Waals surface area contributed by atoms with Crippen molar-refractivity contribution in [2.24, 2.45) is 23.2 Å². The highest BCUT2D eigenvalue weighted by Crippen LogP contribution is 2.59. The number of rotatable bonds is 3. The van der Waals surface area contributed by atoms with Crippen LogP contribution in [-0.4, -0.2) is 38.8 Å². The molecule has 3 heterocycles. The molecule has 1 unspecified atom stereocenters. The summed E-state index contributed by atoms with van der Waals surface area (Å²) in [5.74, 6) is 4.96. The molecule has 6 nitrogen and oxygen atoms in total. The van der Waals surface area contributed by atoms with E-state index in [0.717, 1.165) is 68.3 Å². The number of nitrogens with one attached hydrogen (secondary N) is 1. The van der Waals surface area contributed by atoms with Gasteiger partial charge in [0.1, 0.15) is 5.82 Å². The molecule has 4 aliphatic carbocycles. The Morgan fingerprint density at radius 3 is 2.48 bits per heavy atom. The van der Waals surface area contributed by atoms with Gasteiger partial charge < -0.3 is 14.8 Å². The molecule has 29 heavy (non-hydrogen) atoms. The molecular weight excluding hydrogens is 362 g/mol. The number of hydrogen-bond donors (Lipinski definition) is 1. The van der Waals surface area contributed by atoms with Gasteiger partial charge in [-0.3, -0.25) is 0 Å². The Kier molecular flexibility index (Phi) is 4.38. The molecule has 4 saturated carbocycles. The van der Waals surface area contributed by atoms with Gasteiger partial charge >= 0.3 is 6.03 Å². The lowest BCUT2D eigenvalue weighted by Crippen LogP contribution is -2.52. The molecular formula is C23H35N5O. The van der Waals surface area contributed by atoms with E-state index in [-0.39, 0.29) is 12.1 Å². The van der Waals surface area contributed by atoms with Crippen LogP contribution in [0.2, 0.25) is 0 Å². The van der Waals surface area contributed by atoms with E-state index in [9.17, 15) is 4.79 Å². The highest BCUT2D eigenvalue weighted by atomic mass is 16.2. The Bertz CT molecular complexity index is 751. The summed E-state index contributed by atoms with van der Waals surface area (Å²) < 4.78 is 2.32. The largest absolute Gasteiger partial charge is 0.337 e. The first-order valence-corrected chi connectivity index (χ1v) is 12.2. The van der Waals surface area contributed by atoms with Gasteiger partial charge in [-0.05, 0) is 87.4 Å². The number of hydrogen-bond acceptors (Lipinski definition) is 3. The number of amides is 2. The summed E-state index contributed by atoms with van der Waals surface area (Å²) >= 11 is 0. The summed E-state index contributed by atoms with van der Waals surface area (Å²) in [6.45, 7) is 2.74. The average Bonchev–Trinajstić information content (AvgIpc) is 3.26. The number of carbonyl (C=O) groups excluding carboxylic acids is 1. The van der Waals surface area contributed by atoms with E-state index in [1.54, 1.807) is 0 Å². The summed E-state index contributed by atoms with van der Waals surface area (Å²) in [5.41, 5.74) is 0.394. The smallest absolute Gasteiger partial charge is 0.318 e. The zero-order valence-electron chi connectivity index (χ0n) is 17.6. The summed E-state index contributed by atoms with van der Waals surface area (Å²) in [5, 5.41) is 12.4. The van der Waals surface area contributed by atoms with Gasteiger partial charge in [0.25, 0.3) is 0 Å². The topological polar surface area (TPSA) is 63.1 Å². The van der Waals surface area contributed by atoms with Crippen LogP contribution in [0.3, 0.4) is 0 Å². The quantitative estimate of drug-likeness (QED) is 0.836. The van der Waals surface area contributed by atoms with Crippen molar-refractivity contribution in [2.75, 3.05) is 13.1 Å². The first-order valence-electron chi connectivity index (χ1n) is 12.2. The van der Waals surface area contributed by atoms with E-state index in [2.05, 4.69) is 25.0 Å². The van der Waals surface area contributed by atoms with Gasteiger partial charge in [0.2, 0.25) is 0 Å². The lowest BCUT2D eigenvalue weighted by atomic mass is 9.49. The molecule has 1 aromatic rings. The Morgan fingerprint density at radius 1 is 0.966 bits per heavy atom. The van der Waals surface area contributed by atoms with Crippen LogP contribution in [0.25, 0.3) is 0 Å². The Morgan fingerprint density at radius 2 is 1.72 bits per heavy atom. The van der Waals surface area contributed by atoms with Crippen LogP contribution in [-0.2, 0) is 13.0 Å². The first-order chi connectivity index (χ1) is 14.2. The highest BCUT2D eigenvalue weighted by molar-refractivity contribution is 5.75. The monoisotopic (exact) mass is 397 g/mol. The lowest BCUT2D eigenvalue weighted by molar-refractivity contribution is -0.0503. The molecule has 158 valence electrons. The normalized spacial score (nSPS) is 38.1. The number of aromatic nitrogens is 3. The molecule has 0 radical (unpaired) electrons. The van der Waals surface area contributed by atoms with E-state index < -0.39 is 0 Å². The summed E-state index contributed by atoms with van der Waals surface area (Å²) in [4.78, 5) is 15.3. The van der Waals surface area contributed by atoms with Gasteiger partial charge in [0.05, 0.1) is 6.04 Å². The number of likely N-dealkylation sites (tertiary alicyclic amines) is 1. The Hall–Kier alpha value is -1.59. The molecule has 0 spiro atoms. The third-order valence-electron chi connectivity index (χ3n) is 8.73. The molecule has 1 saturated heterocycles. The van der Waals surface area contributed by atoms with Gasteiger partial charge in [0, 0.05) is 26.1 Å². The van der Waals surface area contributed by atoms with E-state index in [4.69, 9.17) is 0 Å². The van der Waals surface area contributed by atoms with Crippen LogP contribution in [0.5, 0.6) is 0 Å². The maximum absolute atomic E-state index is 13.2. The molecule has 0 aromatic carbocycles. The third kappa shape index (κ3) is 3.17. The average molecular weight is 398 g/mol. The number of fused-ring (bicyclic) bond motifs is 1. The molecule has 1 aromatic heterocycles. The number of nitrogens with zero attached hydrogens (tertiary/aromatic N) is 4.